The highest BCUT2D eigenvalue weighted by atomic mass is 32.1. The Morgan fingerprint density at radius 3 is 2.61 bits per heavy atom. The molecule has 1 amide bonds. The Balaban J connectivity index is 1.44. The highest BCUT2D eigenvalue weighted by Crippen LogP contribution is 2.46. The van der Waals surface area contributed by atoms with E-state index in [2.05, 4.69) is 61.5 Å². The number of amides is 1. The Hall–Kier alpha value is -4.31. The number of para-hydroxylation sites is 1. The van der Waals surface area contributed by atoms with Gasteiger partial charge >= 0.3 is 0 Å². The van der Waals surface area contributed by atoms with Crippen molar-refractivity contribution in [3.8, 4) is 16.9 Å². The number of aromatic amines is 2. The predicted octanol–water partition coefficient (Wildman–Crippen LogP) is 5.10. The van der Waals surface area contributed by atoms with E-state index in [0.717, 1.165) is 33.6 Å². The molecule has 0 fully saturated rings. The van der Waals surface area contributed by atoms with Crippen molar-refractivity contribution in [2.75, 3.05) is 4.90 Å². The molecule has 4 heterocycles. The van der Waals surface area contributed by atoms with Gasteiger partial charge in [0.2, 0.25) is 5.82 Å². The van der Waals surface area contributed by atoms with Crippen molar-refractivity contribution >= 4 is 22.9 Å². The standard InChI is InChI=1S/C26H23N7O2S/c1-15(2)23-22-24(30-29-23)26(34)33(18-9-7-16(8-10-18)17-11-12-36-14-17)25(22)19-5-3-4-6-20(19)35-13-21-27-31-32-28-21/h3-12,14-15,25H,13H2,1-2H3,(H,29,30)(H,27,28,31,32). The van der Waals surface area contributed by atoms with Crippen molar-refractivity contribution in [1.82, 2.24) is 30.8 Å². The number of anilines is 1. The molecule has 2 aromatic carbocycles. The maximum absolute atomic E-state index is 13.8. The second-order valence-electron chi connectivity index (χ2n) is 8.85. The minimum absolute atomic E-state index is 0.144. The zero-order valence-electron chi connectivity index (χ0n) is 19.7. The molecule has 36 heavy (non-hydrogen) atoms. The fourth-order valence-corrected chi connectivity index (χ4v) is 5.30. The summed E-state index contributed by atoms with van der Waals surface area (Å²) in [6.45, 7) is 4.33. The average Bonchev–Trinajstić information content (AvgIpc) is 3.70. The lowest BCUT2D eigenvalue weighted by Crippen LogP contribution is -2.29. The zero-order valence-corrected chi connectivity index (χ0v) is 20.5. The first kappa shape index (κ1) is 22.2. The van der Waals surface area contributed by atoms with Gasteiger partial charge in [0.25, 0.3) is 5.91 Å². The SMILES string of the molecule is CC(C)c1[nH]nc2c1C(c1ccccc1OCc1nn[nH]n1)N(c1ccc(-c3ccsc3)cc1)C2=O. The predicted molar refractivity (Wildman–Crippen MR) is 136 cm³/mol. The molecule has 1 aliphatic rings. The van der Waals surface area contributed by atoms with Gasteiger partial charge in [-0.3, -0.25) is 14.8 Å². The Labute approximate surface area is 211 Å². The number of hydrogen-bond donors (Lipinski definition) is 2. The van der Waals surface area contributed by atoms with Crippen molar-refractivity contribution < 1.29 is 9.53 Å². The molecule has 0 bridgehead atoms. The average molecular weight is 498 g/mol. The summed E-state index contributed by atoms with van der Waals surface area (Å²) in [5.74, 6) is 1.10. The lowest BCUT2D eigenvalue weighted by Gasteiger charge is -2.28. The number of H-pyrrole nitrogens is 2. The summed E-state index contributed by atoms with van der Waals surface area (Å²) in [6.07, 6.45) is 0. The number of nitrogens with one attached hydrogen (secondary N) is 2. The Morgan fingerprint density at radius 1 is 1.06 bits per heavy atom. The van der Waals surface area contributed by atoms with Gasteiger partial charge in [-0.25, -0.2) is 0 Å². The highest BCUT2D eigenvalue weighted by Gasteiger charge is 2.44. The first-order valence-electron chi connectivity index (χ1n) is 11.6. The quantitative estimate of drug-likeness (QED) is 0.323. The summed E-state index contributed by atoms with van der Waals surface area (Å²) in [6, 6.07) is 17.5. The fraction of sp³-hybridized carbons (Fsp3) is 0.192. The first-order valence-corrected chi connectivity index (χ1v) is 12.5. The van der Waals surface area contributed by atoms with Crippen LogP contribution in [0.5, 0.6) is 5.75 Å². The van der Waals surface area contributed by atoms with Crippen LogP contribution in [0.2, 0.25) is 0 Å². The van der Waals surface area contributed by atoms with Gasteiger partial charge in [0, 0.05) is 22.5 Å². The third-order valence-corrected chi connectivity index (χ3v) is 7.01. The third kappa shape index (κ3) is 3.75. The van der Waals surface area contributed by atoms with Crippen LogP contribution in [0.3, 0.4) is 0 Å². The summed E-state index contributed by atoms with van der Waals surface area (Å²) in [5, 5.41) is 25.7. The monoisotopic (exact) mass is 497 g/mol. The molecule has 2 N–H and O–H groups in total. The lowest BCUT2D eigenvalue weighted by molar-refractivity contribution is 0.0988. The van der Waals surface area contributed by atoms with Crippen LogP contribution in [-0.4, -0.2) is 36.7 Å². The molecule has 0 radical (unpaired) electrons. The van der Waals surface area contributed by atoms with Crippen LogP contribution in [-0.2, 0) is 6.61 Å². The van der Waals surface area contributed by atoms with E-state index in [-0.39, 0.29) is 18.4 Å². The first-order chi connectivity index (χ1) is 17.6. The van der Waals surface area contributed by atoms with E-state index >= 15 is 0 Å². The third-order valence-electron chi connectivity index (χ3n) is 6.32. The van der Waals surface area contributed by atoms with Gasteiger partial charge in [-0.15, -0.1) is 10.2 Å². The van der Waals surface area contributed by atoms with Crippen LogP contribution in [0.25, 0.3) is 11.1 Å². The molecule has 1 unspecified atom stereocenters. The van der Waals surface area contributed by atoms with Crippen LogP contribution in [0, 0.1) is 0 Å². The smallest absolute Gasteiger partial charge is 0.280 e. The van der Waals surface area contributed by atoms with Crippen molar-refractivity contribution in [1.29, 1.82) is 0 Å². The maximum atomic E-state index is 13.8. The Morgan fingerprint density at radius 2 is 1.89 bits per heavy atom. The molecule has 9 nitrogen and oxygen atoms in total. The summed E-state index contributed by atoms with van der Waals surface area (Å²) < 4.78 is 6.12. The van der Waals surface area contributed by atoms with E-state index in [1.807, 2.05) is 53.4 Å². The van der Waals surface area contributed by atoms with E-state index in [1.165, 1.54) is 0 Å². The Kier molecular flexibility index (Phi) is 5.57. The zero-order chi connectivity index (χ0) is 24.6. The molecular weight excluding hydrogens is 474 g/mol. The van der Waals surface area contributed by atoms with Crippen LogP contribution in [0.15, 0.2) is 65.4 Å². The van der Waals surface area contributed by atoms with Gasteiger partial charge < -0.3 is 4.74 Å². The van der Waals surface area contributed by atoms with Gasteiger partial charge in [-0.2, -0.15) is 21.6 Å². The number of nitrogens with zero attached hydrogens (tertiary/aromatic N) is 5. The van der Waals surface area contributed by atoms with Gasteiger partial charge in [-0.05, 0) is 52.1 Å². The van der Waals surface area contributed by atoms with E-state index in [9.17, 15) is 4.79 Å². The molecule has 6 rings (SSSR count). The van der Waals surface area contributed by atoms with Gasteiger partial charge in [0.1, 0.15) is 5.75 Å². The van der Waals surface area contributed by atoms with E-state index in [4.69, 9.17) is 4.74 Å². The van der Waals surface area contributed by atoms with Gasteiger partial charge in [0.05, 0.1) is 6.04 Å². The van der Waals surface area contributed by atoms with E-state index in [0.29, 0.717) is 17.3 Å². The minimum Gasteiger partial charge on any atom is -0.485 e. The molecule has 5 aromatic rings. The number of fused-ring (bicyclic) bond motifs is 1. The fourth-order valence-electron chi connectivity index (χ4n) is 4.63. The number of carbonyl (C=O) groups is 1. The molecule has 0 spiro atoms. The van der Waals surface area contributed by atoms with Gasteiger partial charge in [-0.1, -0.05) is 49.4 Å². The normalized spacial score (nSPS) is 15.0. The molecule has 180 valence electrons. The van der Waals surface area contributed by atoms with Crippen molar-refractivity contribution in [2.45, 2.75) is 32.4 Å². The van der Waals surface area contributed by atoms with Crippen molar-refractivity contribution in [3.63, 3.8) is 0 Å². The van der Waals surface area contributed by atoms with Crippen LogP contribution in [0.4, 0.5) is 5.69 Å². The number of carbonyl (C=O) groups excluding carboxylic acids is 1. The minimum atomic E-state index is -0.405. The molecule has 0 saturated heterocycles. The molecule has 10 heteroatoms. The number of thiophene rings is 1. The molecule has 1 atom stereocenters. The van der Waals surface area contributed by atoms with Crippen LogP contribution >= 0.6 is 11.3 Å². The maximum Gasteiger partial charge on any atom is 0.280 e. The number of hydrogen-bond acceptors (Lipinski definition) is 7. The number of rotatable bonds is 7. The summed E-state index contributed by atoms with van der Waals surface area (Å²) >= 11 is 1.66. The highest BCUT2D eigenvalue weighted by molar-refractivity contribution is 7.08. The van der Waals surface area contributed by atoms with Gasteiger partial charge in [0.15, 0.2) is 12.3 Å². The lowest BCUT2D eigenvalue weighted by atomic mass is 9.94. The molecule has 3 aromatic heterocycles. The number of aromatic nitrogens is 6. The van der Waals surface area contributed by atoms with Crippen LogP contribution < -0.4 is 9.64 Å². The van der Waals surface area contributed by atoms with Crippen LogP contribution in [0.1, 0.15) is 58.9 Å². The number of benzene rings is 2. The van der Waals surface area contributed by atoms with E-state index in [1.54, 1.807) is 11.3 Å². The largest absolute Gasteiger partial charge is 0.485 e. The topological polar surface area (TPSA) is 113 Å². The summed E-state index contributed by atoms with van der Waals surface area (Å²) in [5.41, 5.74) is 6.18. The Bertz CT molecular complexity index is 1490. The number of ether oxygens (including phenoxy) is 1. The number of tetrazole rings is 1. The van der Waals surface area contributed by atoms with Crippen molar-refractivity contribution in [3.05, 3.63) is 93.7 Å². The van der Waals surface area contributed by atoms with E-state index < -0.39 is 6.04 Å². The summed E-state index contributed by atoms with van der Waals surface area (Å²) in [7, 11) is 0. The molecule has 0 saturated carbocycles. The second kappa shape index (κ2) is 9.04. The molecule has 0 aliphatic carbocycles. The molecular formula is C26H23N7O2S. The van der Waals surface area contributed by atoms with Crippen molar-refractivity contribution in [2.24, 2.45) is 0 Å². The second-order valence-corrected chi connectivity index (χ2v) is 9.63. The molecule has 1 aliphatic heterocycles. The summed E-state index contributed by atoms with van der Waals surface area (Å²) in [4.78, 5) is 15.6.